The van der Waals surface area contributed by atoms with E-state index in [1.165, 1.54) is 0 Å². The van der Waals surface area contributed by atoms with Gasteiger partial charge in [-0.05, 0) is 53.9 Å². The van der Waals surface area contributed by atoms with E-state index in [0.717, 1.165) is 22.0 Å². The number of ether oxygens (including phenoxy) is 1. The molecule has 0 saturated carbocycles. The average molecular weight is 444 g/mol. The number of anilines is 3. The lowest BCUT2D eigenvalue weighted by Gasteiger charge is -2.21. The summed E-state index contributed by atoms with van der Waals surface area (Å²) in [5.74, 6) is -0.152. The molecule has 1 atom stereocenters. The van der Waals surface area contributed by atoms with Gasteiger partial charge in [0, 0.05) is 12.2 Å². The number of nitrogens with zero attached hydrogens (tertiary/aromatic N) is 4. The molecule has 9 heteroatoms. The van der Waals surface area contributed by atoms with Gasteiger partial charge in [0.05, 0.1) is 0 Å². The molecule has 0 saturated heterocycles. The maximum absolute atomic E-state index is 10.9. The third kappa shape index (κ3) is 5.16. The molecule has 0 aliphatic heterocycles. The molecule has 4 aromatic rings. The summed E-state index contributed by atoms with van der Waals surface area (Å²) >= 11 is 0. The Hall–Kier alpha value is -4.24. The van der Waals surface area contributed by atoms with E-state index in [4.69, 9.17) is 21.3 Å². The fourth-order valence-corrected chi connectivity index (χ4v) is 3.45. The van der Waals surface area contributed by atoms with Crippen LogP contribution in [0.2, 0.25) is 0 Å². The highest BCUT2D eigenvalue weighted by atomic mass is 16.5. The van der Waals surface area contributed by atoms with Crippen molar-refractivity contribution in [2.45, 2.75) is 19.4 Å². The number of nitrogens with two attached hydrogens (primary N) is 2. The van der Waals surface area contributed by atoms with E-state index >= 15 is 0 Å². The van der Waals surface area contributed by atoms with E-state index in [-0.39, 0.29) is 18.4 Å². The average Bonchev–Trinajstić information content (AvgIpc) is 2.80. The van der Waals surface area contributed by atoms with Gasteiger partial charge in [-0.3, -0.25) is 4.79 Å². The SMILES string of the molecule is CCN(c1ccc2ccccc2c1)c1nc(N)nc(Oc2ccc(C[C@H](N)C(=O)O)cc2)n1. The fourth-order valence-electron chi connectivity index (χ4n) is 3.45. The molecule has 33 heavy (non-hydrogen) atoms. The number of carboxylic acid groups (broad SMARTS) is 1. The minimum atomic E-state index is -1.05. The second-order valence-electron chi connectivity index (χ2n) is 7.45. The number of aliphatic carboxylic acids is 1. The molecule has 1 heterocycles. The van der Waals surface area contributed by atoms with Gasteiger partial charge in [0.1, 0.15) is 11.8 Å². The highest BCUT2D eigenvalue weighted by molar-refractivity contribution is 5.86. The highest BCUT2D eigenvalue weighted by Gasteiger charge is 2.16. The summed E-state index contributed by atoms with van der Waals surface area (Å²) in [6.45, 7) is 2.61. The molecule has 0 spiro atoms. The fraction of sp³-hybridized carbons (Fsp3) is 0.167. The molecule has 0 aliphatic carbocycles. The van der Waals surface area contributed by atoms with Crippen molar-refractivity contribution in [2.24, 2.45) is 5.73 Å². The molecule has 4 rings (SSSR count). The zero-order valence-corrected chi connectivity index (χ0v) is 18.0. The zero-order valence-electron chi connectivity index (χ0n) is 18.0. The lowest BCUT2D eigenvalue weighted by Crippen LogP contribution is -2.32. The van der Waals surface area contributed by atoms with Crippen molar-refractivity contribution in [3.63, 3.8) is 0 Å². The number of carboxylic acids is 1. The van der Waals surface area contributed by atoms with Crippen LogP contribution in [-0.2, 0) is 11.2 Å². The predicted molar refractivity (Wildman–Crippen MR) is 127 cm³/mol. The smallest absolute Gasteiger partial charge is 0.328 e. The predicted octanol–water partition coefficient (Wildman–Crippen LogP) is 3.51. The molecule has 0 bridgehead atoms. The molecule has 0 amide bonds. The topological polar surface area (TPSA) is 140 Å². The molecular weight excluding hydrogens is 420 g/mol. The Morgan fingerprint density at radius 3 is 2.45 bits per heavy atom. The number of hydrogen-bond donors (Lipinski definition) is 3. The third-order valence-corrected chi connectivity index (χ3v) is 5.13. The van der Waals surface area contributed by atoms with Crippen molar-refractivity contribution < 1.29 is 14.6 Å². The van der Waals surface area contributed by atoms with Crippen LogP contribution in [0.25, 0.3) is 10.8 Å². The van der Waals surface area contributed by atoms with Crippen LogP contribution >= 0.6 is 0 Å². The van der Waals surface area contributed by atoms with E-state index in [2.05, 4.69) is 33.2 Å². The van der Waals surface area contributed by atoms with E-state index in [9.17, 15) is 4.79 Å². The Labute approximate surface area is 190 Å². The van der Waals surface area contributed by atoms with Crippen LogP contribution in [0.3, 0.4) is 0 Å². The van der Waals surface area contributed by atoms with Crippen LogP contribution in [0.1, 0.15) is 12.5 Å². The lowest BCUT2D eigenvalue weighted by atomic mass is 10.1. The second-order valence-corrected chi connectivity index (χ2v) is 7.45. The Morgan fingerprint density at radius 2 is 1.76 bits per heavy atom. The number of rotatable bonds is 8. The summed E-state index contributed by atoms with van der Waals surface area (Å²) in [5, 5.41) is 11.2. The summed E-state index contributed by atoms with van der Waals surface area (Å²) in [5.41, 5.74) is 13.2. The molecule has 1 aromatic heterocycles. The van der Waals surface area contributed by atoms with Gasteiger partial charge in [0.15, 0.2) is 0 Å². The van der Waals surface area contributed by atoms with E-state index in [0.29, 0.717) is 18.2 Å². The van der Waals surface area contributed by atoms with Crippen molar-refractivity contribution in [2.75, 3.05) is 17.2 Å². The monoisotopic (exact) mass is 444 g/mol. The third-order valence-electron chi connectivity index (χ3n) is 5.13. The molecule has 5 N–H and O–H groups in total. The van der Waals surface area contributed by atoms with Crippen LogP contribution < -0.4 is 21.1 Å². The first kappa shape index (κ1) is 22.0. The van der Waals surface area contributed by atoms with E-state index in [1.807, 2.05) is 36.1 Å². The number of benzene rings is 3. The van der Waals surface area contributed by atoms with Gasteiger partial charge in [-0.15, -0.1) is 0 Å². The maximum atomic E-state index is 10.9. The van der Waals surface area contributed by atoms with Gasteiger partial charge < -0.3 is 26.2 Å². The Bertz CT molecular complexity index is 1280. The number of carbonyl (C=O) groups is 1. The molecule has 0 radical (unpaired) electrons. The van der Waals surface area contributed by atoms with Crippen LogP contribution in [0, 0.1) is 0 Å². The van der Waals surface area contributed by atoms with E-state index < -0.39 is 12.0 Å². The minimum absolute atomic E-state index is 0.0401. The first-order valence-corrected chi connectivity index (χ1v) is 10.5. The summed E-state index contributed by atoms with van der Waals surface area (Å²) in [6, 6.07) is 20.2. The molecule has 0 aliphatic rings. The molecule has 0 fully saturated rings. The molecular formula is C24H24N6O3. The van der Waals surface area contributed by atoms with Crippen LogP contribution in [-0.4, -0.2) is 38.6 Å². The van der Waals surface area contributed by atoms with Crippen molar-refractivity contribution in [1.29, 1.82) is 0 Å². The minimum Gasteiger partial charge on any atom is -0.480 e. The number of fused-ring (bicyclic) bond motifs is 1. The standard InChI is InChI=1S/C24H24N6O3/c1-2-30(18-10-9-16-5-3-4-6-17(16)14-18)23-27-22(26)28-24(29-23)33-19-11-7-15(8-12-19)13-20(25)21(31)32/h3-12,14,20H,2,13,25H2,1H3,(H,31,32)(H2,26,27,28,29)/t20-/m0/s1. The van der Waals surface area contributed by atoms with Gasteiger partial charge in [0.2, 0.25) is 11.9 Å². The van der Waals surface area contributed by atoms with Crippen LogP contribution in [0.4, 0.5) is 17.6 Å². The van der Waals surface area contributed by atoms with Crippen molar-refractivity contribution in [3.8, 4) is 11.8 Å². The lowest BCUT2D eigenvalue weighted by molar-refractivity contribution is -0.138. The Balaban J connectivity index is 1.57. The molecule has 168 valence electrons. The van der Waals surface area contributed by atoms with Crippen molar-refractivity contribution in [1.82, 2.24) is 15.0 Å². The van der Waals surface area contributed by atoms with Gasteiger partial charge >= 0.3 is 12.0 Å². The summed E-state index contributed by atoms with van der Waals surface area (Å²) < 4.78 is 5.79. The van der Waals surface area contributed by atoms with Gasteiger partial charge in [-0.25, -0.2) is 0 Å². The summed E-state index contributed by atoms with van der Waals surface area (Å²) in [7, 11) is 0. The van der Waals surface area contributed by atoms with Gasteiger partial charge in [-0.1, -0.05) is 42.5 Å². The molecule has 9 nitrogen and oxygen atoms in total. The van der Waals surface area contributed by atoms with Crippen LogP contribution in [0.5, 0.6) is 11.8 Å². The number of hydrogen-bond acceptors (Lipinski definition) is 8. The molecule has 3 aromatic carbocycles. The maximum Gasteiger partial charge on any atom is 0.328 e. The van der Waals surface area contributed by atoms with Gasteiger partial charge in [0.25, 0.3) is 0 Å². The Morgan fingerprint density at radius 1 is 1.03 bits per heavy atom. The Kier molecular flexibility index (Phi) is 6.32. The largest absolute Gasteiger partial charge is 0.480 e. The van der Waals surface area contributed by atoms with Crippen molar-refractivity contribution >= 4 is 34.3 Å². The normalized spacial score (nSPS) is 11.8. The first-order valence-electron chi connectivity index (χ1n) is 10.5. The van der Waals surface area contributed by atoms with Crippen LogP contribution in [0.15, 0.2) is 66.7 Å². The van der Waals surface area contributed by atoms with E-state index in [1.54, 1.807) is 24.3 Å². The van der Waals surface area contributed by atoms with Crippen molar-refractivity contribution in [3.05, 3.63) is 72.3 Å². The quantitative estimate of drug-likeness (QED) is 0.372. The summed E-state index contributed by atoms with van der Waals surface area (Å²) in [6.07, 6.45) is 0.218. The second kappa shape index (κ2) is 9.49. The highest BCUT2D eigenvalue weighted by Crippen LogP contribution is 2.28. The zero-order chi connectivity index (χ0) is 23.4. The first-order chi connectivity index (χ1) is 15.9. The summed E-state index contributed by atoms with van der Waals surface area (Å²) in [4.78, 5) is 25.7. The number of nitrogen functional groups attached to an aromatic ring is 1. The van der Waals surface area contributed by atoms with Gasteiger partial charge in [-0.2, -0.15) is 15.0 Å². The molecule has 0 unspecified atom stereocenters. The number of aromatic nitrogens is 3.